The van der Waals surface area contributed by atoms with Crippen molar-refractivity contribution in [2.24, 2.45) is 0 Å². The van der Waals surface area contributed by atoms with Gasteiger partial charge in [-0.05, 0) is 18.2 Å². The number of carboxylic acids is 2. The topological polar surface area (TPSA) is 94.9 Å². The summed E-state index contributed by atoms with van der Waals surface area (Å²) < 4.78 is 0. The number of hydrogen-bond donors (Lipinski definition) is 2. The van der Waals surface area contributed by atoms with Crippen molar-refractivity contribution < 1.29 is 24.6 Å². The molecule has 1 amide bonds. The molecule has 2 N–H and O–H groups in total. The number of carbonyl (C=O) groups is 3. The van der Waals surface area contributed by atoms with Crippen LogP contribution < -0.4 is 4.90 Å². The van der Waals surface area contributed by atoms with E-state index in [1.54, 1.807) is 0 Å². The smallest absolute Gasteiger partial charge is 0.337 e. The molecule has 0 heterocycles. The van der Waals surface area contributed by atoms with Crippen LogP contribution in [0.4, 0.5) is 5.69 Å². The molecule has 0 aromatic heterocycles. The third-order valence-electron chi connectivity index (χ3n) is 2.16. The highest BCUT2D eigenvalue weighted by Crippen LogP contribution is 2.20. The average molecular weight is 249 g/mol. The van der Waals surface area contributed by atoms with Crippen LogP contribution in [0.15, 0.2) is 36.9 Å². The normalized spacial score (nSPS) is 9.56. The predicted octanol–water partition coefficient (Wildman–Crippen LogP) is 0.988. The highest BCUT2D eigenvalue weighted by atomic mass is 16.4. The van der Waals surface area contributed by atoms with Gasteiger partial charge in [-0.3, -0.25) is 14.5 Å². The number of nitrogens with zero attached hydrogens (tertiary/aromatic N) is 1. The van der Waals surface area contributed by atoms with E-state index in [0.29, 0.717) is 0 Å². The summed E-state index contributed by atoms with van der Waals surface area (Å²) in [5.41, 5.74) is -0.119. The summed E-state index contributed by atoms with van der Waals surface area (Å²) in [7, 11) is 0. The maximum absolute atomic E-state index is 11.6. The van der Waals surface area contributed by atoms with Crippen LogP contribution in [-0.4, -0.2) is 34.6 Å². The lowest BCUT2D eigenvalue weighted by atomic mass is 10.1. The van der Waals surface area contributed by atoms with Gasteiger partial charge in [-0.25, -0.2) is 4.79 Å². The molecule has 6 heteroatoms. The highest BCUT2D eigenvalue weighted by Gasteiger charge is 2.21. The lowest BCUT2D eigenvalue weighted by Gasteiger charge is -2.20. The number of amides is 1. The number of carbonyl (C=O) groups excluding carboxylic acids is 1. The Bertz CT molecular complexity index is 509. The van der Waals surface area contributed by atoms with Crippen LogP contribution in [0.3, 0.4) is 0 Å². The molecule has 0 radical (unpaired) electrons. The molecule has 6 nitrogen and oxygen atoms in total. The van der Waals surface area contributed by atoms with E-state index < -0.39 is 24.4 Å². The van der Waals surface area contributed by atoms with Crippen LogP contribution in [0.25, 0.3) is 0 Å². The van der Waals surface area contributed by atoms with Gasteiger partial charge in [0, 0.05) is 0 Å². The van der Waals surface area contributed by atoms with Crippen LogP contribution in [0.5, 0.6) is 0 Å². The lowest BCUT2D eigenvalue weighted by molar-refractivity contribution is -0.136. The van der Waals surface area contributed by atoms with Gasteiger partial charge < -0.3 is 10.2 Å². The van der Waals surface area contributed by atoms with Crippen molar-refractivity contribution in [3.8, 4) is 0 Å². The van der Waals surface area contributed by atoms with Crippen LogP contribution >= 0.6 is 0 Å². The van der Waals surface area contributed by atoms with Crippen molar-refractivity contribution in [2.45, 2.75) is 0 Å². The van der Waals surface area contributed by atoms with Crippen LogP contribution in [0.2, 0.25) is 0 Å². The van der Waals surface area contributed by atoms with E-state index in [0.717, 1.165) is 11.0 Å². The number of rotatable bonds is 5. The van der Waals surface area contributed by atoms with E-state index in [-0.39, 0.29) is 11.3 Å². The molecular formula is C12H11NO5. The van der Waals surface area contributed by atoms with Gasteiger partial charge in [0.1, 0.15) is 6.54 Å². The minimum atomic E-state index is -1.25. The van der Waals surface area contributed by atoms with Gasteiger partial charge in [0.25, 0.3) is 5.91 Å². The Balaban J connectivity index is 3.28. The molecule has 0 saturated heterocycles. The zero-order chi connectivity index (χ0) is 13.7. The quantitative estimate of drug-likeness (QED) is 0.759. The molecule has 18 heavy (non-hydrogen) atoms. The molecule has 94 valence electrons. The zero-order valence-electron chi connectivity index (χ0n) is 9.37. The minimum absolute atomic E-state index is 0.0253. The molecule has 0 aliphatic heterocycles. The van der Waals surface area contributed by atoms with E-state index >= 15 is 0 Å². The first kappa shape index (κ1) is 13.4. The van der Waals surface area contributed by atoms with Crippen molar-refractivity contribution in [2.75, 3.05) is 11.4 Å². The molecule has 0 fully saturated rings. The van der Waals surface area contributed by atoms with E-state index in [4.69, 9.17) is 10.2 Å². The first-order valence-electron chi connectivity index (χ1n) is 4.95. The van der Waals surface area contributed by atoms with E-state index in [1.807, 2.05) is 0 Å². The molecule has 0 spiro atoms. The number of para-hydroxylation sites is 1. The van der Waals surface area contributed by atoms with Crippen LogP contribution in [0.1, 0.15) is 10.4 Å². The molecular weight excluding hydrogens is 238 g/mol. The number of hydrogen-bond acceptors (Lipinski definition) is 3. The second-order valence-corrected chi connectivity index (χ2v) is 3.34. The summed E-state index contributed by atoms with van der Waals surface area (Å²) in [4.78, 5) is 34.1. The number of aliphatic carboxylic acids is 1. The summed E-state index contributed by atoms with van der Waals surface area (Å²) in [5.74, 6) is -3.16. The van der Waals surface area contributed by atoms with Gasteiger partial charge in [-0.15, -0.1) is 0 Å². The van der Waals surface area contributed by atoms with Gasteiger partial charge >= 0.3 is 11.9 Å². The fraction of sp³-hybridized carbons (Fsp3) is 0.0833. The van der Waals surface area contributed by atoms with Crippen molar-refractivity contribution in [3.05, 3.63) is 42.5 Å². The Hall–Kier alpha value is -2.63. The highest BCUT2D eigenvalue weighted by molar-refractivity contribution is 6.07. The summed E-state index contributed by atoms with van der Waals surface area (Å²) in [6, 6.07) is 5.67. The third kappa shape index (κ3) is 2.94. The van der Waals surface area contributed by atoms with E-state index in [9.17, 15) is 14.4 Å². The number of aromatic carboxylic acids is 1. The Kier molecular flexibility index (Phi) is 4.20. The molecule has 1 aromatic rings. The van der Waals surface area contributed by atoms with Gasteiger partial charge in [0.15, 0.2) is 0 Å². The SMILES string of the molecule is C=CC(=O)N(CC(=O)O)c1ccccc1C(=O)O. The first-order valence-corrected chi connectivity index (χ1v) is 4.95. The number of anilines is 1. The summed E-state index contributed by atoms with van der Waals surface area (Å²) in [6.07, 6.45) is 0.932. The van der Waals surface area contributed by atoms with Gasteiger partial charge in [-0.1, -0.05) is 18.7 Å². The van der Waals surface area contributed by atoms with Crippen molar-refractivity contribution >= 4 is 23.5 Å². The van der Waals surface area contributed by atoms with Gasteiger partial charge in [-0.2, -0.15) is 0 Å². The fourth-order valence-corrected chi connectivity index (χ4v) is 1.42. The summed E-state index contributed by atoms with van der Waals surface area (Å²) >= 11 is 0. The first-order chi connectivity index (χ1) is 8.47. The van der Waals surface area contributed by atoms with Crippen molar-refractivity contribution in [1.82, 2.24) is 0 Å². The number of benzene rings is 1. The Labute approximate surface area is 103 Å². The number of carboxylic acid groups (broad SMARTS) is 2. The molecule has 0 aliphatic carbocycles. The zero-order valence-corrected chi connectivity index (χ0v) is 9.37. The second-order valence-electron chi connectivity index (χ2n) is 3.34. The third-order valence-corrected chi connectivity index (χ3v) is 2.16. The Morgan fingerprint density at radius 1 is 1.22 bits per heavy atom. The average Bonchev–Trinajstić information content (AvgIpc) is 2.34. The van der Waals surface area contributed by atoms with Gasteiger partial charge in [0.05, 0.1) is 11.3 Å². The molecule has 0 unspecified atom stereocenters. The summed E-state index contributed by atoms with van der Waals surface area (Å²) in [5, 5.41) is 17.7. The Morgan fingerprint density at radius 3 is 2.33 bits per heavy atom. The molecule has 1 rings (SSSR count). The van der Waals surface area contributed by atoms with Crippen molar-refractivity contribution in [1.29, 1.82) is 0 Å². The maximum atomic E-state index is 11.6. The van der Waals surface area contributed by atoms with Crippen LogP contribution in [-0.2, 0) is 9.59 Å². The van der Waals surface area contributed by atoms with Crippen molar-refractivity contribution in [3.63, 3.8) is 0 Å². The van der Waals surface area contributed by atoms with E-state index in [2.05, 4.69) is 6.58 Å². The second kappa shape index (κ2) is 5.62. The molecule has 0 saturated carbocycles. The van der Waals surface area contributed by atoms with E-state index in [1.165, 1.54) is 24.3 Å². The molecule has 0 aliphatic rings. The molecule has 0 atom stereocenters. The lowest BCUT2D eigenvalue weighted by Crippen LogP contribution is -2.35. The standard InChI is InChI=1S/C12H11NO5/c1-2-10(14)13(7-11(15)16)9-6-4-3-5-8(9)12(17)18/h2-6H,1,7H2,(H,15,16)(H,17,18). The maximum Gasteiger partial charge on any atom is 0.337 e. The fourth-order valence-electron chi connectivity index (χ4n) is 1.42. The minimum Gasteiger partial charge on any atom is -0.480 e. The largest absolute Gasteiger partial charge is 0.480 e. The molecule has 0 bridgehead atoms. The summed E-state index contributed by atoms with van der Waals surface area (Å²) in [6.45, 7) is 2.63. The van der Waals surface area contributed by atoms with Gasteiger partial charge in [0.2, 0.25) is 0 Å². The predicted molar refractivity (Wildman–Crippen MR) is 63.6 cm³/mol. The Morgan fingerprint density at radius 2 is 1.83 bits per heavy atom. The van der Waals surface area contributed by atoms with Crippen LogP contribution in [0, 0.1) is 0 Å². The molecule has 1 aromatic carbocycles. The monoisotopic (exact) mass is 249 g/mol.